The lowest BCUT2D eigenvalue weighted by atomic mass is 10.1. The molecule has 1 N–H and O–H groups in total. The standard InChI is InChI=1S/C13H25N3O2S.2ClH/c1-3-11-8-16(5-4-15(11)6-7-18-2)13(17)12-9-19-10-14-12;;/h11-12,14H,3-10H2,1-2H3;2*1H. The van der Waals surface area contributed by atoms with Gasteiger partial charge >= 0.3 is 0 Å². The van der Waals surface area contributed by atoms with Gasteiger partial charge in [0.25, 0.3) is 0 Å². The first kappa shape index (κ1) is 21.3. The van der Waals surface area contributed by atoms with Crippen LogP contribution in [0.4, 0.5) is 0 Å². The maximum atomic E-state index is 12.4. The van der Waals surface area contributed by atoms with Crippen molar-refractivity contribution < 1.29 is 9.53 Å². The summed E-state index contributed by atoms with van der Waals surface area (Å²) in [6.45, 7) is 6.61. The fourth-order valence-corrected chi connectivity index (χ4v) is 3.69. The van der Waals surface area contributed by atoms with Crippen LogP contribution in [0.2, 0.25) is 0 Å². The van der Waals surface area contributed by atoms with Crippen LogP contribution in [-0.2, 0) is 9.53 Å². The monoisotopic (exact) mass is 359 g/mol. The molecule has 0 radical (unpaired) electrons. The molecule has 2 atom stereocenters. The second-order valence-corrected chi connectivity index (χ2v) is 6.18. The average molecular weight is 360 g/mol. The molecule has 0 bridgehead atoms. The number of hydrogen-bond acceptors (Lipinski definition) is 5. The number of hydrogen-bond donors (Lipinski definition) is 1. The van der Waals surface area contributed by atoms with Crippen molar-refractivity contribution in [1.82, 2.24) is 15.1 Å². The summed E-state index contributed by atoms with van der Waals surface area (Å²) in [7, 11) is 1.74. The molecule has 2 heterocycles. The van der Waals surface area contributed by atoms with Gasteiger partial charge in [-0.15, -0.1) is 36.6 Å². The fraction of sp³-hybridized carbons (Fsp3) is 0.923. The second kappa shape index (κ2) is 10.9. The van der Waals surface area contributed by atoms with Crippen molar-refractivity contribution in [3.63, 3.8) is 0 Å². The molecule has 8 heteroatoms. The first-order valence-electron chi connectivity index (χ1n) is 7.09. The molecule has 0 aromatic rings. The molecule has 21 heavy (non-hydrogen) atoms. The van der Waals surface area contributed by atoms with E-state index in [0.717, 1.165) is 50.8 Å². The summed E-state index contributed by atoms with van der Waals surface area (Å²) in [6.07, 6.45) is 1.08. The van der Waals surface area contributed by atoms with E-state index in [1.54, 1.807) is 7.11 Å². The second-order valence-electron chi connectivity index (χ2n) is 5.15. The molecule has 0 aliphatic carbocycles. The van der Waals surface area contributed by atoms with Crippen LogP contribution < -0.4 is 5.32 Å². The zero-order chi connectivity index (χ0) is 13.7. The van der Waals surface area contributed by atoms with Crippen LogP contribution >= 0.6 is 36.6 Å². The van der Waals surface area contributed by atoms with Crippen LogP contribution in [0.15, 0.2) is 0 Å². The minimum Gasteiger partial charge on any atom is -0.383 e. The topological polar surface area (TPSA) is 44.8 Å². The number of piperazine rings is 1. The van der Waals surface area contributed by atoms with Crippen LogP contribution in [0.5, 0.6) is 0 Å². The van der Waals surface area contributed by atoms with E-state index in [1.165, 1.54) is 0 Å². The summed E-state index contributed by atoms with van der Waals surface area (Å²) in [4.78, 5) is 16.9. The van der Waals surface area contributed by atoms with Crippen LogP contribution in [0.25, 0.3) is 0 Å². The van der Waals surface area contributed by atoms with Gasteiger partial charge in [-0.3, -0.25) is 15.0 Å². The van der Waals surface area contributed by atoms with E-state index in [1.807, 2.05) is 16.7 Å². The first-order valence-corrected chi connectivity index (χ1v) is 8.24. The van der Waals surface area contributed by atoms with E-state index in [2.05, 4.69) is 17.1 Å². The predicted molar refractivity (Wildman–Crippen MR) is 92.9 cm³/mol. The Bertz CT molecular complexity index is 307. The van der Waals surface area contributed by atoms with E-state index >= 15 is 0 Å². The average Bonchev–Trinajstić information content (AvgIpc) is 2.98. The van der Waals surface area contributed by atoms with Gasteiger partial charge in [0.1, 0.15) is 0 Å². The van der Waals surface area contributed by atoms with Crippen molar-refractivity contribution in [2.45, 2.75) is 25.4 Å². The molecule has 2 aliphatic rings. The van der Waals surface area contributed by atoms with Crippen LogP contribution in [0.1, 0.15) is 13.3 Å². The van der Waals surface area contributed by atoms with Crippen molar-refractivity contribution in [3.8, 4) is 0 Å². The van der Waals surface area contributed by atoms with Gasteiger partial charge in [0.05, 0.1) is 12.6 Å². The molecule has 2 aliphatic heterocycles. The fourth-order valence-electron chi connectivity index (χ4n) is 2.76. The molecule has 0 aromatic carbocycles. The number of carbonyl (C=O) groups is 1. The van der Waals surface area contributed by atoms with Crippen molar-refractivity contribution >= 4 is 42.5 Å². The van der Waals surface area contributed by atoms with Gasteiger partial charge in [0, 0.05) is 51.0 Å². The van der Waals surface area contributed by atoms with Gasteiger partial charge in [0.2, 0.25) is 5.91 Å². The Morgan fingerprint density at radius 1 is 1.38 bits per heavy atom. The molecule has 0 saturated carbocycles. The lowest BCUT2D eigenvalue weighted by Gasteiger charge is -2.41. The summed E-state index contributed by atoms with van der Waals surface area (Å²) in [5.74, 6) is 2.11. The smallest absolute Gasteiger partial charge is 0.240 e. The number of amides is 1. The van der Waals surface area contributed by atoms with Crippen LogP contribution in [0, 0.1) is 0 Å². The van der Waals surface area contributed by atoms with E-state index < -0.39 is 0 Å². The summed E-state index contributed by atoms with van der Waals surface area (Å²) < 4.78 is 5.16. The van der Waals surface area contributed by atoms with Crippen molar-refractivity contribution in [1.29, 1.82) is 0 Å². The Balaban J connectivity index is 0.00000200. The largest absolute Gasteiger partial charge is 0.383 e. The molecule has 2 unspecified atom stereocenters. The van der Waals surface area contributed by atoms with Gasteiger partial charge in [-0.2, -0.15) is 0 Å². The molecule has 1 amide bonds. The molecule has 126 valence electrons. The highest BCUT2D eigenvalue weighted by atomic mass is 35.5. The van der Waals surface area contributed by atoms with Crippen molar-refractivity contribution in [2.24, 2.45) is 0 Å². The Morgan fingerprint density at radius 2 is 2.14 bits per heavy atom. The third-order valence-corrected chi connectivity index (χ3v) is 4.92. The third-order valence-electron chi connectivity index (χ3n) is 3.98. The van der Waals surface area contributed by atoms with Gasteiger partial charge in [-0.1, -0.05) is 6.92 Å². The SMILES string of the molecule is CCC1CN(C(=O)C2CSCN2)CCN1CCOC.Cl.Cl. The summed E-state index contributed by atoms with van der Waals surface area (Å²) in [5, 5.41) is 3.27. The number of nitrogens with zero attached hydrogens (tertiary/aromatic N) is 2. The van der Waals surface area contributed by atoms with Gasteiger partial charge in [0.15, 0.2) is 0 Å². The first-order chi connectivity index (χ1) is 9.26. The Hall–Kier alpha value is 0.280. The van der Waals surface area contributed by atoms with Gasteiger partial charge in [-0.25, -0.2) is 0 Å². The molecule has 5 nitrogen and oxygen atoms in total. The summed E-state index contributed by atoms with van der Waals surface area (Å²) in [6, 6.07) is 0.509. The summed E-state index contributed by atoms with van der Waals surface area (Å²) in [5.41, 5.74) is 0. The van der Waals surface area contributed by atoms with Gasteiger partial charge < -0.3 is 9.64 Å². The highest BCUT2D eigenvalue weighted by Crippen LogP contribution is 2.17. The number of thioether (sulfide) groups is 1. The Kier molecular flexibility index (Phi) is 11.1. The number of methoxy groups -OCH3 is 1. The normalized spacial score (nSPS) is 26.1. The lowest BCUT2D eigenvalue weighted by Crippen LogP contribution is -2.58. The zero-order valence-electron chi connectivity index (χ0n) is 12.7. The Labute approximate surface area is 144 Å². The maximum Gasteiger partial charge on any atom is 0.240 e. The van der Waals surface area contributed by atoms with Crippen LogP contribution in [0.3, 0.4) is 0 Å². The van der Waals surface area contributed by atoms with Crippen molar-refractivity contribution in [2.75, 3.05) is 51.5 Å². The molecule has 2 rings (SSSR count). The van der Waals surface area contributed by atoms with E-state index in [0.29, 0.717) is 6.04 Å². The van der Waals surface area contributed by atoms with E-state index in [4.69, 9.17) is 4.74 Å². The molecular weight excluding hydrogens is 333 g/mol. The number of halogens is 2. The number of carbonyl (C=O) groups excluding carboxylic acids is 1. The molecule has 2 fully saturated rings. The number of ether oxygens (including phenoxy) is 1. The quantitative estimate of drug-likeness (QED) is 0.795. The zero-order valence-corrected chi connectivity index (χ0v) is 15.2. The van der Waals surface area contributed by atoms with Crippen LogP contribution in [-0.4, -0.2) is 79.3 Å². The Morgan fingerprint density at radius 3 is 2.71 bits per heavy atom. The highest BCUT2D eigenvalue weighted by molar-refractivity contribution is 7.99. The van der Waals surface area contributed by atoms with E-state index in [-0.39, 0.29) is 36.8 Å². The highest BCUT2D eigenvalue weighted by Gasteiger charge is 2.32. The molecule has 0 aromatic heterocycles. The van der Waals surface area contributed by atoms with Gasteiger partial charge in [-0.05, 0) is 6.42 Å². The van der Waals surface area contributed by atoms with E-state index in [9.17, 15) is 4.79 Å². The number of rotatable bonds is 5. The predicted octanol–water partition coefficient (Wildman–Crippen LogP) is 1.06. The lowest BCUT2D eigenvalue weighted by molar-refractivity contribution is -0.135. The van der Waals surface area contributed by atoms with Crippen molar-refractivity contribution in [3.05, 3.63) is 0 Å². The minimum absolute atomic E-state index is 0. The number of nitrogens with one attached hydrogen (secondary N) is 1. The molecular formula is C13H27Cl2N3O2S. The molecule has 2 saturated heterocycles. The summed E-state index contributed by atoms with van der Waals surface area (Å²) >= 11 is 1.81. The maximum absolute atomic E-state index is 12.4. The third kappa shape index (κ3) is 5.77. The molecule has 0 spiro atoms. The minimum atomic E-state index is 0.